The van der Waals surface area contributed by atoms with Crippen molar-refractivity contribution >= 4 is 15.9 Å². The highest BCUT2D eigenvalue weighted by Crippen LogP contribution is 2.00. The molecule has 0 heterocycles. The van der Waals surface area contributed by atoms with E-state index < -0.39 is 13.1 Å². The maximum Gasteiger partial charge on any atom is 0.251 e. The topological polar surface area (TPSA) is 3.24 Å². The second-order valence-electron chi connectivity index (χ2n) is 2.42. The Hall–Kier alpha value is 0.230. The minimum atomic E-state index is -2.33. The molecule has 74 valence electrons. The second-order valence-corrected chi connectivity index (χ2v) is 3.22. The first-order chi connectivity index (χ1) is 5.70. The summed E-state index contributed by atoms with van der Waals surface area (Å²) in [5, 5.41) is 0.645. The summed E-state index contributed by atoms with van der Waals surface area (Å²) in [6.45, 7) is 0.254. The van der Waals surface area contributed by atoms with Crippen molar-refractivity contribution in [3.05, 3.63) is 0 Å². The van der Waals surface area contributed by atoms with Gasteiger partial charge in [-0.05, 0) is 6.42 Å². The zero-order valence-electron chi connectivity index (χ0n) is 6.78. The fourth-order valence-corrected chi connectivity index (χ4v) is 1.39. The van der Waals surface area contributed by atoms with Crippen LogP contribution in [0.3, 0.4) is 0 Å². The van der Waals surface area contributed by atoms with E-state index in [0.29, 0.717) is 24.8 Å². The lowest BCUT2D eigenvalue weighted by atomic mass is 10.4. The predicted molar refractivity (Wildman–Crippen MR) is 46.8 cm³/mol. The smallest absolute Gasteiger partial charge is 0.251 e. The first kappa shape index (κ1) is 12.2. The summed E-state index contributed by atoms with van der Waals surface area (Å²) in [5.41, 5.74) is 0. The number of nitrogens with zero attached hydrogens (tertiary/aromatic N) is 1. The molecule has 0 radical (unpaired) electrons. The molecule has 0 aromatic carbocycles. The van der Waals surface area contributed by atoms with Gasteiger partial charge in [-0.25, -0.2) is 8.78 Å². The van der Waals surface area contributed by atoms with E-state index in [2.05, 4.69) is 15.9 Å². The summed E-state index contributed by atoms with van der Waals surface area (Å²) in [4.78, 5) is 1.55. The third-order valence-corrected chi connectivity index (χ3v) is 1.76. The van der Waals surface area contributed by atoms with E-state index in [1.54, 1.807) is 4.90 Å². The molecule has 0 rings (SSSR count). The van der Waals surface area contributed by atoms with Crippen molar-refractivity contribution in [1.29, 1.82) is 0 Å². The molecular weight excluding hydrogens is 235 g/mol. The molecule has 0 aliphatic heterocycles. The van der Waals surface area contributed by atoms with Crippen LogP contribution in [0.25, 0.3) is 0 Å². The van der Waals surface area contributed by atoms with Crippen molar-refractivity contribution in [3.63, 3.8) is 0 Å². The van der Waals surface area contributed by atoms with Gasteiger partial charge in [-0.15, -0.1) is 0 Å². The molecule has 0 spiro atoms. The second kappa shape index (κ2) is 7.86. The van der Waals surface area contributed by atoms with Crippen molar-refractivity contribution in [3.8, 4) is 0 Å². The Morgan fingerprint density at radius 3 is 2.33 bits per heavy atom. The SMILES string of the molecule is FCCCN(CCBr)CC(F)F. The minimum absolute atomic E-state index is 0.258. The number of halogens is 4. The molecule has 0 aliphatic rings. The average Bonchev–Trinajstić information content (AvgIpc) is 2.00. The molecule has 0 fully saturated rings. The van der Waals surface area contributed by atoms with Crippen LogP contribution in [0.5, 0.6) is 0 Å². The number of hydrogen-bond donors (Lipinski definition) is 0. The molecule has 12 heavy (non-hydrogen) atoms. The summed E-state index contributed by atoms with van der Waals surface area (Å²) in [7, 11) is 0. The normalized spacial score (nSPS) is 11.5. The number of rotatable bonds is 7. The van der Waals surface area contributed by atoms with Crippen LogP contribution in [-0.2, 0) is 0 Å². The first-order valence-corrected chi connectivity index (χ1v) is 4.95. The van der Waals surface area contributed by atoms with E-state index in [1.165, 1.54) is 0 Å². The standard InChI is InChI=1S/C7H13BrF3N/c8-2-5-12(4-1-3-9)6-7(10)11/h7H,1-6H2. The maximum atomic E-state index is 11.9. The molecule has 0 aromatic rings. The van der Waals surface area contributed by atoms with E-state index in [1.807, 2.05) is 0 Å². The fourth-order valence-electron chi connectivity index (χ4n) is 0.892. The molecule has 1 nitrogen and oxygen atoms in total. The minimum Gasteiger partial charge on any atom is -0.297 e. The van der Waals surface area contributed by atoms with Gasteiger partial charge in [0.15, 0.2) is 0 Å². The molecule has 0 N–H and O–H groups in total. The van der Waals surface area contributed by atoms with Crippen LogP contribution in [0.15, 0.2) is 0 Å². The van der Waals surface area contributed by atoms with Gasteiger partial charge in [-0.2, -0.15) is 0 Å². The van der Waals surface area contributed by atoms with Crippen molar-refractivity contribution in [2.75, 3.05) is 31.6 Å². The molecule has 0 atom stereocenters. The van der Waals surface area contributed by atoms with Gasteiger partial charge in [0.25, 0.3) is 6.43 Å². The van der Waals surface area contributed by atoms with Crippen molar-refractivity contribution < 1.29 is 13.2 Å². The highest BCUT2D eigenvalue weighted by molar-refractivity contribution is 9.09. The molecule has 0 amide bonds. The van der Waals surface area contributed by atoms with Crippen LogP contribution in [0.1, 0.15) is 6.42 Å². The zero-order chi connectivity index (χ0) is 9.40. The Kier molecular flexibility index (Phi) is 8.01. The third-order valence-electron chi connectivity index (χ3n) is 1.40. The number of hydrogen-bond acceptors (Lipinski definition) is 1. The Balaban J connectivity index is 3.54. The van der Waals surface area contributed by atoms with Gasteiger partial charge in [0.2, 0.25) is 0 Å². The van der Waals surface area contributed by atoms with Gasteiger partial charge in [-0.1, -0.05) is 15.9 Å². The summed E-state index contributed by atoms with van der Waals surface area (Å²) >= 11 is 3.15. The summed E-state index contributed by atoms with van der Waals surface area (Å²) < 4.78 is 35.5. The van der Waals surface area contributed by atoms with Gasteiger partial charge in [0, 0.05) is 18.4 Å². The van der Waals surface area contributed by atoms with Crippen LogP contribution in [-0.4, -0.2) is 43.0 Å². The molecule has 0 aromatic heterocycles. The fraction of sp³-hybridized carbons (Fsp3) is 1.00. The van der Waals surface area contributed by atoms with E-state index in [0.717, 1.165) is 0 Å². The highest BCUT2D eigenvalue weighted by atomic mass is 79.9. The Morgan fingerprint density at radius 2 is 1.92 bits per heavy atom. The Morgan fingerprint density at radius 1 is 1.25 bits per heavy atom. The Bertz CT molecular complexity index is 103. The third kappa shape index (κ3) is 6.91. The molecule has 0 unspecified atom stereocenters. The van der Waals surface area contributed by atoms with Gasteiger partial charge in [-0.3, -0.25) is 9.29 Å². The van der Waals surface area contributed by atoms with Crippen LogP contribution in [0, 0.1) is 0 Å². The van der Waals surface area contributed by atoms with E-state index >= 15 is 0 Å². The van der Waals surface area contributed by atoms with Crippen molar-refractivity contribution in [2.45, 2.75) is 12.8 Å². The van der Waals surface area contributed by atoms with Gasteiger partial charge in [0.05, 0.1) is 13.2 Å². The summed E-state index contributed by atoms with van der Waals surface area (Å²) in [6.07, 6.45) is -2.00. The van der Waals surface area contributed by atoms with Crippen LogP contribution < -0.4 is 0 Å². The molecular formula is C7H13BrF3N. The molecule has 5 heteroatoms. The van der Waals surface area contributed by atoms with Crippen LogP contribution in [0.4, 0.5) is 13.2 Å². The van der Waals surface area contributed by atoms with Crippen molar-refractivity contribution in [2.24, 2.45) is 0 Å². The number of alkyl halides is 4. The van der Waals surface area contributed by atoms with Crippen LogP contribution >= 0.6 is 15.9 Å². The van der Waals surface area contributed by atoms with Crippen LogP contribution in [0.2, 0.25) is 0 Å². The lowest BCUT2D eigenvalue weighted by Crippen LogP contribution is -2.31. The molecule has 0 bridgehead atoms. The lowest BCUT2D eigenvalue weighted by Gasteiger charge is -2.19. The lowest BCUT2D eigenvalue weighted by molar-refractivity contribution is 0.0898. The predicted octanol–water partition coefficient (Wildman–Crippen LogP) is 2.31. The van der Waals surface area contributed by atoms with E-state index in [9.17, 15) is 13.2 Å². The van der Waals surface area contributed by atoms with E-state index in [-0.39, 0.29) is 6.54 Å². The highest BCUT2D eigenvalue weighted by Gasteiger charge is 2.10. The molecule has 0 saturated carbocycles. The van der Waals surface area contributed by atoms with Gasteiger partial charge < -0.3 is 0 Å². The molecule has 0 aliphatic carbocycles. The maximum absolute atomic E-state index is 11.9. The molecule has 0 saturated heterocycles. The average molecular weight is 248 g/mol. The Labute approximate surface area is 79.1 Å². The van der Waals surface area contributed by atoms with E-state index in [4.69, 9.17) is 0 Å². The van der Waals surface area contributed by atoms with Gasteiger partial charge in [0.1, 0.15) is 0 Å². The monoisotopic (exact) mass is 247 g/mol. The van der Waals surface area contributed by atoms with Gasteiger partial charge >= 0.3 is 0 Å². The van der Waals surface area contributed by atoms with Crippen molar-refractivity contribution in [1.82, 2.24) is 4.90 Å². The summed E-state index contributed by atoms with van der Waals surface area (Å²) in [5.74, 6) is 0. The zero-order valence-corrected chi connectivity index (χ0v) is 8.37. The first-order valence-electron chi connectivity index (χ1n) is 3.83. The largest absolute Gasteiger partial charge is 0.297 e. The summed E-state index contributed by atoms with van der Waals surface area (Å²) in [6, 6.07) is 0. The quantitative estimate of drug-likeness (QED) is 0.625.